The Kier molecular flexibility index (Phi) is 2.78. The minimum absolute atomic E-state index is 0.698. The molecule has 2 heteroatoms. The second kappa shape index (κ2) is 4.66. The summed E-state index contributed by atoms with van der Waals surface area (Å²) in [6, 6.07) is 0. The highest BCUT2D eigenvalue weighted by Gasteiger charge is 2.71. The molecule has 0 aromatic carbocycles. The zero-order valence-corrected chi connectivity index (χ0v) is 16.0. The molecule has 138 valence electrons. The van der Waals surface area contributed by atoms with Crippen LogP contribution in [0.4, 0.5) is 0 Å². The molecule has 8 saturated carbocycles. The maximum atomic E-state index is 3.94. The summed E-state index contributed by atoms with van der Waals surface area (Å²) in [5, 5.41) is 3.94. The molecule has 25 heavy (non-hydrogen) atoms. The summed E-state index contributed by atoms with van der Waals surface area (Å²) in [5.41, 5.74) is 1.40. The summed E-state index contributed by atoms with van der Waals surface area (Å²) in [7, 11) is 0. The molecule has 0 spiro atoms. The summed E-state index contributed by atoms with van der Waals surface area (Å²) in [5.74, 6) is 6.64. The van der Waals surface area contributed by atoms with Crippen LogP contribution in [0.5, 0.6) is 0 Å². The Morgan fingerprint density at radius 1 is 0.560 bits per heavy atom. The van der Waals surface area contributed by atoms with Gasteiger partial charge in [-0.2, -0.15) is 0 Å². The average Bonchev–Trinajstić information content (AvgIpc) is 3.04. The zero-order chi connectivity index (χ0) is 16.3. The molecule has 0 amide bonds. The van der Waals surface area contributed by atoms with E-state index in [9.17, 15) is 0 Å². The molecule has 9 aliphatic rings. The summed E-state index contributed by atoms with van der Waals surface area (Å²) in [6.45, 7) is 4.14. The van der Waals surface area contributed by atoms with E-state index < -0.39 is 0 Å². The van der Waals surface area contributed by atoms with Crippen LogP contribution in [0.25, 0.3) is 0 Å². The molecule has 1 heterocycles. The van der Waals surface area contributed by atoms with Crippen molar-refractivity contribution in [2.75, 3.05) is 19.8 Å². The largest absolute Gasteiger partial charge is 0.300 e. The van der Waals surface area contributed by atoms with Gasteiger partial charge in [0.2, 0.25) is 0 Å². The van der Waals surface area contributed by atoms with E-state index in [1.165, 1.54) is 19.8 Å². The van der Waals surface area contributed by atoms with E-state index in [1.54, 1.807) is 81.5 Å². The van der Waals surface area contributed by atoms with Crippen LogP contribution < -0.4 is 5.32 Å². The van der Waals surface area contributed by atoms with Crippen molar-refractivity contribution in [3.63, 3.8) is 0 Å². The molecule has 2 nitrogen and oxygen atoms in total. The zero-order valence-electron chi connectivity index (χ0n) is 16.0. The number of nitrogens with zero attached hydrogens (tertiary/aromatic N) is 1. The van der Waals surface area contributed by atoms with Crippen LogP contribution in [-0.2, 0) is 0 Å². The van der Waals surface area contributed by atoms with E-state index in [0.717, 1.165) is 35.5 Å². The van der Waals surface area contributed by atoms with Crippen LogP contribution in [-0.4, -0.2) is 35.3 Å². The smallest absolute Gasteiger partial charge is 0.133 e. The van der Waals surface area contributed by atoms with Crippen molar-refractivity contribution in [2.45, 2.75) is 88.1 Å². The predicted molar refractivity (Wildman–Crippen MR) is 99.8 cm³/mol. The van der Waals surface area contributed by atoms with Crippen LogP contribution in [0.3, 0.4) is 0 Å². The lowest BCUT2D eigenvalue weighted by Crippen LogP contribution is -2.80. The van der Waals surface area contributed by atoms with Crippen LogP contribution in [0.2, 0.25) is 0 Å². The minimum atomic E-state index is 0.698. The van der Waals surface area contributed by atoms with Crippen molar-refractivity contribution in [3.8, 4) is 0 Å². The molecule has 0 unspecified atom stereocenters. The molecule has 0 radical (unpaired) electrons. The first-order valence-corrected chi connectivity index (χ1v) is 11.8. The number of hydrogen-bond acceptors (Lipinski definition) is 1. The SMILES string of the molecule is C1C[N+](C23CC4CC(CC(C4)C2)C3)(C23CC4CC(CC(C4)C2)C3)CN1. The molecular weight excluding hydrogens is 304 g/mol. The Balaban J connectivity index is 1.36. The van der Waals surface area contributed by atoms with Crippen LogP contribution >= 0.6 is 0 Å². The lowest BCUT2D eigenvalue weighted by molar-refractivity contribution is -1.02. The number of rotatable bonds is 2. The third-order valence-electron chi connectivity index (χ3n) is 10.9. The van der Waals surface area contributed by atoms with E-state index in [-0.39, 0.29) is 0 Å². The number of nitrogens with one attached hydrogen (secondary N) is 1. The lowest BCUT2D eigenvalue weighted by Gasteiger charge is -2.72. The maximum absolute atomic E-state index is 3.94. The molecule has 1 saturated heterocycles. The highest BCUT2D eigenvalue weighted by atomic mass is 15.5. The number of hydrogen-bond donors (Lipinski definition) is 1. The van der Waals surface area contributed by atoms with Gasteiger partial charge in [0.05, 0.1) is 6.54 Å². The Morgan fingerprint density at radius 2 is 0.920 bits per heavy atom. The van der Waals surface area contributed by atoms with E-state index in [1.807, 2.05) is 0 Å². The highest BCUT2D eigenvalue weighted by Crippen LogP contribution is 2.67. The maximum Gasteiger partial charge on any atom is 0.133 e. The molecule has 0 atom stereocenters. The van der Waals surface area contributed by atoms with Gasteiger partial charge in [-0.1, -0.05) is 0 Å². The predicted octanol–water partition coefficient (Wildman–Crippen LogP) is 4.30. The lowest BCUT2D eigenvalue weighted by atomic mass is 9.47. The van der Waals surface area contributed by atoms with Crippen LogP contribution in [0.15, 0.2) is 0 Å². The first-order valence-electron chi connectivity index (χ1n) is 11.8. The Hall–Kier alpha value is -0.0800. The van der Waals surface area contributed by atoms with E-state index in [4.69, 9.17) is 0 Å². The molecule has 8 bridgehead atoms. The first-order chi connectivity index (χ1) is 12.2. The molecule has 9 fully saturated rings. The van der Waals surface area contributed by atoms with Gasteiger partial charge in [0.1, 0.15) is 17.7 Å². The minimum Gasteiger partial charge on any atom is -0.300 e. The van der Waals surface area contributed by atoms with Gasteiger partial charge >= 0.3 is 0 Å². The van der Waals surface area contributed by atoms with Gasteiger partial charge in [-0.05, 0) is 74.0 Å². The van der Waals surface area contributed by atoms with Gasteiger partial charge in [0.15, 0.2) is 0 Å². The monoisotopic (exact) mass is 341 g/mol. The van der Waals surface area contributed by atoms with Gasteiger partial charge in [-0.3, -0.25) is 5.32 Å². The Morgan fingerprint density at radius 3 is 1.20 bits per heavy atom. The fourth-order valence-electron chi connectivity index (χ4n) is 11.1. The quantitative estimate of drug-likeness (QED) is 0.738. The van der Waals surface area contributed by atoms with Crippen LogP contribution in [0, 0.1) is 35.5 Å². The van der Waals surface area contributed by atoms with Gasteiger partial charge < -0.3 is 4.48 Å². The molecule has 1 aliphatic heterocycles. The Labute approximate surface area is 153 Å². The third-order valence-corrected chi connectivity index (χ3v) is 10.9. The topological polar surface area (TPSA) is 12.0 Å². The Bertz CT molecular complexity index is 470. The molecule has 8 aliphatic carbocycles. The summed E-state index contributed by atoms with van der Waals surface area (Å²) >= 11 is 0. The second-order valence-corrected chi connectivity index (χ2v) is 12.1. The normalized spacial score (nSPS) is 64.3. The van der Waals surface area contributed by atoms with Crippen molar-refractivity contribution >= 4 is 0 Å². The van der Waals surface area contributed by atoms with E-state index in [2.05, 4.69) is 5.32 Å². The molecule has 9 rings (SSSR count). The number of quaternary nitrogens is 1. The van der Waals surface area contributed by atoms with Crippen molar-refractivity contribution in [1.29, 1.82) is 0 Å². The van der Waals surface area contributed by atoms with Gasteiger partial charge in [0, 0.05) is 45.1 Å². The fourth-order valence-corrected chi connectivity index (χ4v) is 11.1. The molecule has 0 aromatic rings. The van der Waals surface area contributed by atoms with Crippen molar-refractivity contribution in [1.82, 2.24) is 5.32 Å². The average molecular weight is 342 g/mol. The van der Waals surface area contributed by atoms with E-state index in [0.29, 0.717) is 11.1 Å². The fraction of sp³-hybridized carbons (Fsp3) is 1.00. The van der Waals surface area contributed by atoms with Gasteiger partial charge in [0.25, 0.3) is 0 Å². The van der Waals surface area contributed by atoms with Gasteiger partial charge in [-0.15, -0.1) is 0 Å². The second-order valence-electron chi connectivity index (χ2n) is 12.1. The van der Waals surface area contributed by atoms with Gasteiger partial charge in [-0.25, -0.2) is 0 Å². The summed E-state index contributed by atoms with van der Waals surface area (Å²) in [6.07, 6.45) is 19.3. The summed E-state index contributed by atoms with van der Waals surface area (Å²) < 4.78 is 1.58. The van der Waals surface area contributed by atoms with E-state index >= 15 is 0 Å². The van der Waals surface area contributed by atoms with Crippen LogP contribution in [0.1, 0.15) is 77.0 Å². The van der Waals surface area contributed by atoms with Crippen molar-refractivity contribution < 1.29 is 4.48 Å². The third kappa shape index (κ3) is 1.76. The molecule has 1 N–H and O–H groups in total. The molecule has 0 aromatic heterocycles. The standard InChI is InChI=1S/C23H37N2/c1-2-25(15-24-1,22-9-16-3-17(10-22)5-18(4-16)11-22)23-12-19-6-20(13-23)8-21(7-19)14-23/h16-21,24H,1-15H2/q+1. The summed E-state index contributed by atoms with van der Waals surface area (Å²) in [4.78, 5) is 0. The molecular formula is C23H37N2+. The first kappa shape index (κ1) is 14.9. The van der Waals surface area contributed by atoms with Crippen molar-refractivity contribution in [3.05, 3.63) is 0 Å². The highest BCUT2D eigenvalue weighted by molar-refractivity contribution is 5.10. The van der Waals surface area contributed by atoms with Crippen molar-refractivity contribution in [2.24, 2.45) is 35.5 Å².